The molecule has 0 bridgehead atoms. The van der Waals surface area contributed by atoms with Gasteiger partial charge in [0.05, 0.1) is 5.92 Å². The Hall–Kier alpha value is -2.25. The Bertz CT molecular complexity index is 706. The van der Waals surface area contributed by atoms with Gasteiger partial charge in [0.15, 0.2) is 0 Å². The van der Waals surface area contributed by atoms with Crippen molar-refractivity contribution in [3.8, 4) is 5.75 Å². The zero-order valence-electron chi connectivity index (χ0n) is 14.2. The van der Waals surface area contributed by atoms with Crippen LogP contribution in [0.1, 0.15) is 37.7 Å². The number of carbonyl (C=O) groups is 2. The van der Waals surface area contributed by atoms with Crippen molar-refractivity contribution in [3.05, 3.63) is 29.8 Å². The number of carboxylic acids is 1. The number of ether oxygens (including phenoxy) is 1. The SMILES string of the molecule is CC1CCC(C(=O)O)CN1C(=O)C1CC1c1ccccc1OC(F)(F)F. The minimum Gasteiger partial charge on any atom is -0.481 e. The lowest BCUT2D eigenvalue weighted by Gasteiger charge is -2.36. The van der Waals surface area contributed by atoms with Crippen LogP contribution in [0.4, 0.5) is 13.2 Å². The van der Waals surface area contributed by atoms with Crippen LogP contribution in [0.5, 0.6) is 5.75 Å². The third kappa shape index (κ3) is 3.94. The molecule has 1 aromatic rings. The second-order valence-corrected chi connectivity index (χ2v) is 6.99. The van der Waals surface area contributed by atoms with Crippen molar-refractivity contribution < 1.29 is 32.6 Å². The number of alkyl halides is 3. The van der Waals surface area contributed by atoms with Gasteiger partial charge in [-0.1, -0.05) is 18.2 Å². The van der Waals surface area contributed by atoms with Crippen LogP contribution in [0.15, 0.2) is 24.3 Å². The van der Waals surface area contributed by atoms with Crippen LogP contribution in [0.2, 0.25) is 0 Å². The number of hydrogen-bond donors (Lipinski definition) is 1. The number of piperidine rings is 1. The molecule has 1 saturated carbocycles. The standard InChI is InChI=1S/C18H20F3NO4/c1-10-6-7-11(17(24)25)9-22(10)16(23)14-8-13(14)12-4-2-3-5-15(12)26-18(19,20)21/h2-5,10-11,13-14H,6-9H2,1H3,(H,24,25). The fraction of sp³-hybridized carbons (Fsp3) is 0.556. The fourth-order valence-electron chi connectivity index (χ4n) is 3.64. The molecular weight excluding hydrogens is 351 g/mol. The van der Waals surface area contributed by atoms with Crippen molar-refractivity contribution in [3.63, 3.8) is 0 Å². The largest absolute Gasteiger partial charge is 0.573 e. The maximum absolute atomic E-state index is 12.8. The normalized spacial score (nSPS) is 28.5. The van der Waals surface area contributed by atoms with E-state index < -0.39 is 24.2 Å². The molecule has 4 atom stereocenters. The molecule has 26 heavy (non-hydrogen) atoms. The van der Waals surface area contributed by atoms with Crippen LogP contribution in [0, 0.1) is 11.8 Å². The van der Waals surface area contributed by atoms with E-state index in [1.807, 2.05) is 6.92 Å². The molecule has 8 heteroatoms. The molecule has 0 radical (unpaired) electrons. The lowest BCUT2D eigenvalue weighted by atomic mass is 9.93. The minimum absolute atomic E-state index is 0.0685. The number of nitrogens with zero attached hydrogens (tertiary/aromatic N) is 1. The van der Waals surface area contributed by atoms with Gasteiger partial charge in [0.2, 0.25) is 5.91 Å². The quantitative estimate of drug-likeness (QED) is 0.881. The average Bonchev–Trinajstić information content (AvgIpc) is 3.34. The molecule has 3 rings (SSSR count). The van der Waals surface area contributed by atoms with Gasteiger partial charge in [0.1, 0.15) is 5.75 Å². The van der Waals surface area contributed by atoms with E-state index in [9.17, 15) is 27.9 Å². The maximum Gasteiger partial charge on any atom is 0.573 e. The monoisotopic (exact) mass is 371 g/mol. The third-order valence-corrected chi connectivity index (χ3v) is 5.17. The van der Waals surface area contributed by atoms with Gasteiger partial charge in [0.25, 0.3) is 0 Å². The first-order valence-corrected chi connectivity index (χ1v) is 8.55. The number of rotatable bonds is 4. The number of carboxylic acid groups (broad SMARTS) is 1. The van der Waals surface area contributed by atoms with E-state index in [0.717, 1.165) is 0 Å². The summed E-state index contributed by atoms with van der Waals surface area (Å²) >= 11 is 0. The molecule has 1 N–H and O–H groups in total. The molecular formula is C18H20F3NO4. The van der Waals surface area contributed by atoms with E-state index in [-0.39, 0.29) is 30.2 Å². The zero-order chi connectivity index (χ0) is 19.1. The highest BCUT2D eigenvalue weighted by Crippen LogP contribution is 2.52. The Morgan fingerprint density at radius 3 is 2.58 bits per heavy atom. The number of para-hydroxylation sites is 1. The molecule has 0 spiro atoms. The first kappa shape index (κ1) is 18.5. The predicted molar refractivity (Wildman–Crippen MR) is 85.5 cm³/mol. The Morgan fingerprint density at radius 1 is 1.23 bits per heavy atom. The molecule has 1 heterocycles. The lowest BCUT2D eigenvalue weighted by molar-refractivity contribution is -0.274. The summed E-state index contributed by atoms with van der Waals surface area (Å²) in [6.45, 7) is 2.02. The number of amides is 1. The molecule has 4 unspecified atom stereocenters. The summed E-state index contributed by atoms with van der Waals surface area (Å²) in [7, 11) is 0. The highest BCUT2D eigenvalue weighted by Gasteiger charge is 2.49. The molecule has 1 aliphatic heterocycles. The van der Waals surface area contributed by atoms with E-state index in [0.29, 0.717) is 24.8 Å². The highest BCUT2D eigenvalue weighted by atomic mass is 19.4. The highest BCUT2D eigenvalue weighted by molar-refractivity contribution is 5.84. The number of likely N-dealkylation sites (tertiary alicyclic amines) is 1. The van der Waals surface area contributed by atoms with E-state index in [4.69, 9.17) is 0 Å². The molecule has 2 aliphatic rings. The van der Waals surface area contributed by atoms with E-state index in [2.05, 4.69) is 4.74 Å². The summed E-state index contributed by atoms with van der Waals surface area (Å²) in [6.07, 6.45) is -3.22. The summed E-state index contributed by atoms with van der Waals surface area (Å²) in [5, 5.41) is 9.19. The van der Waals surface area contributed by atoms with Gasteiger partial charge in [-0.2, -0.15) is 0 Å². The van der Waals surface area contributed by atoms with Gasteiger partial charge < -0.3 is 14.7 Å². The Labute approximate surface area is 148 Å². The molecule has 142 valence electrons. The molecule has 1 amide bonds. The number of hydrogen-bond acceptors (Lipinski definition) is 3. The van der Waals surface area contributed by atoms with Crippen LogP contribution in [0.3, 0.4) is 0 Å². The summed E-state index contributed by atoms with van der Waals surface area (Å²) in [5.41, 5.74) is 0.364. The molecule has 1 saturated heterocycles. The van der Waals surface area contributed by atoms with E-state index in [1.54, 1.807) is 17.0 Å². The molecule has 2 fully saturated rings. The van der Waals surface area contributed by atoms with Crippen molar-refractivity contribution in [1.29, 1.82) is 0 Å². The number of halogens is 3. The maximum atomic E-state index is 12.8. The molecule has 1 aromatic carbocycles. The van der Waals surface area contributed by atoms with Crippen molar-refractivity contribution in [2.75, 3.05) is 6.54 Å². The summed E-state index contributed by atoms with van der Waals surface area (Å²) in [4.78, 5) is 25.6. The Kier molecular flexibility index (Phi) is 4.86. The predicted octanol–water partition coefficient (Wildman–Crippen LogP) is 3.40. The van der Waals surface area contributed by atoms with Crippen LogP contribution in [-0.4, -0.2) is 40.8 Å². The Morgan fingerprint density at radius 2 is 1.92 bits per heavy atom. The molecule has 0 aromatic heterocycles. The van der Waals surface area contributed by atoms with Crippen molar-refractivity contribution >= 4 is 11.9 Å². The fourth-order valence-corrected chi connectivity index (χ4v) is 3.64. The topological polar surface area (TPSA) is 66.8 Å². The van der Waals surface area contributed by atoms with Gasteiger partial charge in [0, 0.05) is 18.5 Å². The first-order valence-electron chi connectivity index (χ1n) is 8.55. The van der Waals surface area contributed by atoms with Crippen LogP contribution >= 0.6 is 0 Å². The lowest BCUT2D eigenvalue weighted by Crippen LogP contribution is -2.48. The molecule has 5 nitrogen and oxygen atoms in total. The van der Waals surface area contributed by atoms with Gasteiger partial charge in [-0.3, -0.25) is 9.59 Å². The second kappa shape index (κ2) is 6.81. The van der Waals surface area contributed by atoms with Crippen LogP contribution in [0.25, 0.3) is 0 Å². The van der Waals surface area contributed by atoms with Gasteiger partial charge in [-0.15, -0.1) is 13.2 Å². The van der Waals surface area contributed by atoms with E-state index in [1.165, 1.54) is 12.1 Å². The second-order valence-electron chi connectivity index (χ2n) is 6.99. The molecule has 1 aliphatic carbocycles. The number of benzene rings is 1. The van der Waals surface area contributed by atoms with Gasteiger partial charge in [-0.05, 0) is 43.7 Å². The summed E-state index contributed by atoms with van der Waals surface area (Å²) < 4.78 is 41.8. The number of aliphatic carboxylic acids is 1. The third-order valence-electron chi connectivity index (χ3n) is 5.17. The van der Waals surface area contributed by atoms with Crippen molar-refractivity contribution in [1.82, 2.24) is 4.90 Å². The van der Waals surface area contributed by atoms with Crippen LogP contribution < -0.4 is 4.74 Å². The zero-order valence-corrected chi connectivity index (χ0v) is 14.2. The van der Waals surface area contributed by atoms with Crippen molar-refractivity contribution in [2.24, 2.45) is 11.8 Å². The Balaban J connectivity index is 1.72. The van der Waals surface area contributed by atoms with E-state index >= 15 is 0 Å². The van der Waals surface area contributed by atoms with Crippen molar-refractivity contribution in [2.45, 2.75) is 44.5 Å². The van der Waals surface area contributed by atoms with Gasteiger partial charge >= 0.3 is 12.3 Å². The van der Waals surface area contributed by atoms with Gasteiger partial charge in [-0.25, -0.2) is 0 Å². The average molecular weight is 371 g/mol. The number of carbonyl (C=O) groups excluding carboxylic acids is 1. The summed E-state index contributed by atoms with van der Waals surface area (Å²) in [6, 6.07) is 5.78. The van der Waals surface area contributed by atoms with Crippen LogP contribution in [-0.2, 0) is 9.59 Å². The smallest absolute Gasteiger partial charge is 0.481 e. The minimum atomic E-state index is -4.79. The summed E-state index contributed by atoms with van der Waals surface area (Å²) in [5.74, 6) is -2.74. The first-order chi connectivity index (χ1) is 12.2.